The van der Waals surface area contributed by atoms with Crippen molar-refractivity contribution in [3.8, 4) is 0 Å². The first-order valence-corrected chi connectivity index (χ1v) is 8.33. The molecule has 2 unspecified atom stereocenters. The van der Waals surface area contributed by atoms with Crippen molar-refractivity contribution in [1.82, 2.24) is 4.67 Å². The summed E-state index contributed by atoms with van der Waals surface area (Å²) in [7, 11) is -2.16. The van der Waals surface area contributed by atoms with Gasteiger partial charge in [-0.3, -0.25) is 0 Å². The zero-order chi connectivity index (χ0) is 12.3. The van der Waals surface area contributed by atoms with Crippen molar-refractivity contribution >= 4 is 7.29 Å². The molecule has 94 valence electrons. The van der Waals surface area contributed by atoms with E-state index >= 15 is 0 Å². The van der Waals surface area contributed by atoms with Gasteiger partial charge in [0, 0.05) is 23.9 Å². The second kappa shape index (κ2) is 5.51. The van der Waals surface area contributed by atoms with Crippen molar-refractivity contribution in [1.29, 1.82) is 0 Å². The lowest BCUT2D eigenvalue weighted by molar-refractivity contribution is 0.297. The van der Waals surface area contributed by atoms with E-state index in [4.69, 9.17) is 0 Å². The molecule has 0 aromatic carbocycles. The maximum Gasteiger partial charge on any atom is 0.154 e. The van der Waals surface area contributed by atoms with Crippen molar-refractivity contribution in [2.24, 2.45) is 0 Å². The van der Waals surface area contributed by atoms with Crippen LogP contribution in [-0.4, -0.2) is 28.6 Å². The molecule has 2 nitrogen and oxygen atoms in total. The molecule has 0 aromatic heterocycles. The third-order valence-electron chi connectivity index (χ3n) is 3.47. The first-order valence-electron chi connectivity index (χ1n) is 6.42. The fourth-order valence-electron chi connectivity index (χ4n) is 3.09. The molecular weight excluding hydrogens is 217 g/mol. The maximum atomic E-state index is 13.2. The van der Waals surface area contributed by atoms with Crippen LogP contribution in [0, 0.1) is 0 Å². The van der Waals surface area contributed by atoms with Crippen molar-refractivity contribution in [2.45, 2.75) is 64.7 Å². The molecule has 1 rings (SSSR count). The van der Waals surface area contributed by atoms with Crippen LogP contribution in [0.2, 0.25) is 0 Å². The number of allylic oxidation sites excluding steroid dienone is 1. The van der Waals surface area contributed by atoms with Gasteiger partial charge in [-0.1, -0.05) is 6.08 Å². The lowest BCUT2D eigenvalue weighted by Crippen LogP contribution is -2.36. The molecule has 0 radical (unpaired) electrons. The fourth-order valence-corrected chi connectivity index (χ4v) is 7.33. The third kappa shape index (κ3) is 2.60. The van der Waals surface area contributed by atoms with Crippen LogP contribution in [0.4, 0.5) is 0 Å². The second-order valence-corrected chi connectivity index (χ2v) is 8.52. The van der Waals surface area contributed by atoms with Crippen LogP contribution in [0.3, 0.4) is 0 Å². The Morgan fingerprint density at radius 2 is 1.94 bits per heavy atom. The summed E-state index contributed by atoms with van der Waals surface area (Å²) >= 11 is 0. The zero-order valence-electron chi connectivity index (χ0n) is 11.1. The molecule has 0 saturated carbocycles. The van der Waals surface area contributed by atoms with Gasteiger partial charge in [0.25, 0.3) is 0 Å². The number of hydrogen-bond donors (Lipinski definition) is 0. The van der Waals surface area contributed by atoms with Crippen LogP contribution in [0.1, 0.15) is 47.0 Å². The quantitative estimate of drug-likeness (QED) is 0.534. The van der Waals surface area contributed by atoms with E-state index in [0.29, 0.717) is 17.7 Å². The van der Waals surface area contributed by atoms with Crippen LogP contribution in [0.25, 0.3) is 0 Å². The Morgan fingerprint density at radius 1 is 1.38 bits per heavy atom. The van der Waals surface area contributed by atoms with Crippen LogP contribution in [-0.2, 0) is 4.57 Å². The molecule has 1 aliphatic rings. The topological polar surface area (TPSA) is 20.3 Å². The standard InChI is InChI=1S/C13H26NOP/c1-6-8-13-9-7-10-16(13,15)14(11(2)3)12(4)5/h6,11-13H,1,7-10H2,2-5H3. The highest BCUT2D eigenvalue weighted by molar-refractivity contribution is 7.62. The van der Waals surface area contributed by atoms with Crippen molar-refractivity contribution in [2.75, 3.05) is 6.16 Å². The molecular formula is C13H26NOP. The number of rotatable bonds is 5. The molecule has 3 heteroatoms. The maximum absolute atomic E-state index is 13.2. The average molecular weight is 243 g/mol. The van der Waals surface area contributed by atoms with Crippen LogP contribution in [0.15, 0.2) is 12.7 Å². The molecule has 0 aliphatic carbocycles. The molecule has 1 saturated heterocycles. The Labute approximate surface area is 101 Å². The number of hydrogen-bond acceptors (Lipinski definition) is 1. The van der Waals surface area contributed by atoms with Crippen molar-refractivity contribution in [3.63, 3.8) is 0 Å². The van der Waals surface area contributed by atoms with E-state index in [0.717, 1.165) is 25.4 Å². The second-order valence-electron chi connectivity index (χ2n) is 5.37. The highest BCUT2D eigenvalue weighted by Gasteiger charge is 2.43. The predicted octanol–water partition coefficient (Wildman–Crippen LogP) is 4.12. The minimum Gasteiger partial charge on any atom is -0.306 e. The van der Waals surface area contributed by atoms with Gasteiger partial charge in [-0.2, -0.15) is 0 Å². The third-order valence-corrected chi connectivity index (χ3v) is 7.75. The molecule has 0 amide bonds. The van der Waals surface area contributed by atoms with E-state index in [-0.39, 0.29) is 0 Å². The molecule has 0 aromatic rings. The summed E-state index contributed by atoms with van der Waals surface area (Å²) in [5, 5.41) is 0. The smallest absolute Gasteiger partial charge is 0.154 e. The number of nitrogens with zero attached hydrogens (tertiary/aromatic N) is 1. The molecule has 1 aliphatic heterocycles. The lowest BCUT2D eigenvalue weighted by Gasteiger charge is -2.39. The van der Waals surface area contributed by atoms with Gasteiger partial charge >= 0.3 is 0 Å². The molecule has 16 heavy (non-hydrogen) atoms. The summed E-state index contributed by atoms with van der Waals surface area (Å²) in [6.45, 7) is 12.4. The summed E-state index contributed by atoms with van der Waals surface area (Å²) in [5.74, 6) is 0. The van der Waals surface area contributed by atoms with E-state index in [1.165, 1.54) is 0 Å². The van der Waals surface area contributed by atoms with Crippen molar-refractivity contribution < 1.29 is 4.57 Å². The Hall–Kier alpha value is -0.0700. The molecule has 0 N–H and O–H groups in total. The van der Waals surface area contributed by atoms with Gasteiger partial charge < -0.3 is 4.57 Å². The Morgan fingerprint density at radius 3 is 2.38 bits per heavy atom. The predicted molar refractivity (Wildman–Crippen MR) is 72.4 cm³/mol. The van der Waals surface area contributed by atoms with Gasteiger partial charge in [0.15, 0.2) is 7.29 Å². The van der Waals surface area contributed by atoms with Gasteiger partial charge in [0.05, 0.1) is 0 Å². The summed E-state index contributed by atoms with van der Waals surface area (Å²) < 4.78 is 15.5. The molecule has 0 bridgehead atoms. The Bertz CT molecular complexity index is 278. The van der Waals surface area contributed by atoms with Gasteiger partial charge in [-0.25, -0.2) is 4.67 Å². The monoisotopic (exact) mass is 243 g/mol. The fraction of sp³-hybridized carbons (Fsp3) is 0.846. The SMILES string of the molecule is C=CCC1CCCP1(=O)N(C(C)C)C(C)C. The van der Waals surface area contributed by atoms with Crippen LogP contribution >= 0.6 is 7.29 Å². The van der Waals surface area contributed by atoms with Crippen LogP contribution in [0.5, 0.6) is 0 Å². The van der Waals surface area contributed by atoms with E-state index in [1.54, 1.807) is 0 Å². The average Bonchev–Trinajstić information content (AvgIpc) is 2.47. The van der Waals surface area contributed by atoms with E-state index in [2.05, 4.69) is 38.9 Å². The van der Waals surface area contributed by atoms with Crippen LogP contribution < -0.4 is 0 Å². The minimum atomic E-state index is -2.16. The summed E-state index contributed by atoms with van der Waals surface area (Å²) in [6.07, 6.45) is 5.97. The Kier molecular flexibility index (Phi) is 4.82. The van der Waals surface area contributed by atoms with Gasteiger partial charge in [-0.15, -0.1) is 6.58 Å². The Balaban J connectivity index is 2.96. The molecule has 2 atom stereocenters. The lowest BCUT2D eigenvalue weighted by atomic mass is 10.2. The summed E-state index contributed by atoms with van der Waals surface area (Å²) in [6, 6.07) is 0.743. The molecule has 0 spiro atoms. The van der Waals surface area contributed by atoms with Gasteiger partial charge in [0.2, 0.25) is 0 Å². The zero-order valence-corrected chi connectivity index (χ0v) is 12.0. The normalized spacial score (nSPS) is 30.6. The van der Waals surface area contributed by atoms with E-state index in [1.807, 2.05) is 6.08 Å². The highest BCUT2D eigenvalue weighted by Crippen LogP contribution is 2.63. The summed E-state index contributed by atoms with van der Waals surface area (Å²) in [5.41, 5.74) is 0.356. The first kappa shape index (κ1) is 14.0. The highest BCUT2D eigenvalue weighted by atomic mass is 31.2. The first-order chi connectivity index (χ1) is 7.43. The van der Waals surface area contributed by atoms with E-state index < -0.39 is 7.29 Å². The minimum absolute atomic E-state index is 0.356. The van der Waals surface area contributed by atoms with E-state index in [9.17, 15) is 4.57 Å². The largest absolute Gasteiger partial charge is 0.306 e. The van der Waals surface area contributed by atoms with Gasteiger partial charge in [-0.05, 0) is 47.0 Å². The summed E-state index contributed by atoms with van der Waals surface area (Å²) in [4.78, 5) is 0. The van der Waals surface area contributed by atoms with Crippen molar-refractivity contribution in [3.05, 3.63) is 12.7 Å². The van der Waals surface area contributed by atoms with Gasteiger partial charge in [0.1, 0.15) is 0 Å². The molecule has 1 fully saturated rings. The molecule has 1 heterocycles.